The fraction of sp³-hybridized carbons (Fsp3) is 0.357. The molecule has 1 aromatic carbocycles. The lowest BCUT2D eigenvalue weighted by atomic mass is 10.3. The Hall–Kier alpha value is -1.08. The van der Waals surface area contributed by atoms with Gasteiger partial charge in [0.1, 0.15) is 0 Å². The Kier molecular flexibility index (Phi) is 4.81. The van der Waals surface area contributed by atoms with Gasteiger partial charge in [0, 0.05) is 22.6 Å². The van der Waals surface area contributed by atoms with E-state index in [2.05, 4.69) is 68.6 Å². The molecule has 5 heteroatoms. The van der Waals surface area contributed by atoms with Crippen molar-refractivity contribution >= 4 is 34.2 Å². The van der Waals surface area contributed by atoms with E-state index < -0.39 is 0 Å². The zero-order chi connectivity index (χ0) is 13.8. The predicted octanol–water partition coefficient (Wildman–Crippen LogP) is 3.75. The second-order valence-electron chi connectivity index (χ2n) is 4.55. The number of aromatic nitrogens is 2. The van der Waals surface area contributed by atoms with Crippen LogP contribution in [0.5, 0.6) is 0 Å². The molecule has 1 N–H and O–H groups in total. The fourth-order valence-electron chi connectivity index (χ4n) is 1.93. The van der Waals surface area contributed by atoms with E-state index in [0.717, 1.165) is 17.3 Å². The molecule has 0 amide bonds. The SMILES string of the molecule is COCC(C)n1cc(C)nc1Nc1ccc(I)cc1. The average Bonchev–Trinajstić information content (AvgIpc) is 2.74. The van der Waals surface area contributed by atoms with Crippen LogP contribution in [0.3, 0.4) is 0 Å². The van der Waals surface area contributed by atoms with Gasteiger partial charge in [0.05, 0.1) is 18.3 Å². The van der Waals surface area contributed by atoms with Gasteiger partial charge in [-0.3, -0.25) is 0 Å². The minimum atomic E-state index is 0.248. The lowest BCUT2D eigenvalue weighted by Crippen LogP contribution is -2.12. The van der Waals surface area contributed by atoms with E-state index in [-0.39, 0.29) is 6.04 Å². The Morgan fingerprint density at radius 2 is 2.05 bits per heavy atom. The summed E-state index contributed by atoms with van der Waals surface area (Å²) in [6, 6.07) is 8.50. The molecule has 0 bridgehead atoms. The average molecular weight is 371 g/mol. The van der Waals surface area contributed by atoms with Crippen molar-refractivity contribution in [2.75, 3.05) is 19.0 Å². The molecule has 0 aliphatic rings. The summed E-state index contributed by atoms with van der Waals surface area (Å²) in [6.45, 7) is 4.77. The molecule has 1 heterocycles. The number of ether oxygens (including phenoxy) is 1. The maximum absolute atomic E-state index is 5.21. The smallest absolute Gasteiger partial charge is 0.207 e. The van der Waals surface area contributed by atoms with Crippen molar-refractivity contribution in [3.63, 3.8) is 0 Å². The van der Waals surface area contributed by atoms with Crippen LogP contribution in [0, 0.1) is 10.5 Å². The Bertz CT molecular complexity index is 536. The van der Waals surface area contributed by atoms with Crippen LogP contribution in [0.15, 0.2) is 30.5 Å². The van der Waals surface area contributed by atoms with Crippen LogP contribution in [0.4, 0.5) is 11.6 Å². The van der Waals surface area contributed by atoms with E-state index in [0.29, 0.717) is 6.61 Å². The van der Waals surface area contributed by atoms with Gasteiger partial charge in [-0.2, -0.15) is 0 Å². The molecule has 0 saturated heterocycles. The standard InChI is InChI=1S/C14H18IN3O/c1-10-8-18(11(2)9-19-3)14(16-10)17-13-6-4-12(15)5-7-13/h4-8,11H,9H2,1-3H3,(H,16,17). The molecule has 0 saturated carbocycles. The fourth-order valence-corrected chi connectivity index (χ4v) is 2.29. The number of methoxy groups -OCH3 is 1. The minimum absolute atomic E-state index is 0.248. The second-order valence-corrected chi connectivity index (χ2v) is 5.80. The lowest BCUT2D eigenvalue weighted by molar-refractivity contribution is 0.163. The molecule has 2 aromatic rings. The number of imidazole rings is 1. The van der Waals surface area contributed by atoms with Crippen molar-refractivity contribution in [2.24, 2.45) is 0 Å². The third-order valence-electron chi connectivity index (χ3n) is 2.84. The molecular formula is C14H18IN3O. The summed E-state index contributed by atoms with van der Waals surface area (Å²) in [5.41, 5.74) is 2.04. The number of rotatable bonds is 5. The van der Waals surface area contributed by atoms with Gasteiger partial charge in [-0.25, -0.2) is 4.98 Å². The summed E-state index contributed by atoms with van der Waals surface area (Å²) >= 11 is 2.29. The van der Waals surface area contributed by atoms with Gasteiger partial charge >= 0.3 is 0 Å². The minimum Gasteiger partial charge on any atom is -0.383 e. The normalized spacial score (nSPS) is 12.4. The first-order valence-corrected chi connectivity index (χ1v) is 7.25. The maximum atomic E-state index is 5.21. The number of nitrogens with one attached hydrogen (secondary N) is 1. The van der Waals surface area contributed by atoms with Crippen LogP contribution in [-0.4, -0.2) is 23.3 Å². The molecule has 1 aromatic heterocycles. The number of nitrogens with zero attached hydrogens (tertiary/aromatic N) is 2. The third kappa shape index (κ3) is 3.70. The number of benzene rings is 1. The van der Waals surface area contributed by atoms with Crippen molar-refractivity contribution in [1.82, 2.24) is 9.55 Å². The predicted molar refractivity (Wildman–Crippen MR) is 86.0 cm³/mol. The lowest BCUT2D eigenvalue weighted by Gasteiger charge is -2.16. The van der Waals surface area contributed by atoms with Crippen LogP contribution >= 0.6 is 22.6 Å². The highest BCUT2D eigenvalue weighted by atomic mass is 127. The number of halogens is 1. The van der Waals surface area contributed by atoms with Gasteiger partial charge in [-0.1, -0.05) is 0 Å². The molecule has 102 valence electrons. The van der Waals surface area contributed by atoms with Crippen LogP contribution in [0.1, 0.15) is 18.7 Å². The van der Waals surface area contributed by atoms with Gasteiger partial charge in [0.15, 0.2) is 0 Å². The second kappa shape index (κ2) is 6.38. The van der Waals surface area contributed by atoms with E-state index >= 15 is 0 Å². The van der Waals surface area contributed by atoms with E-state index in [1.54, 1.807) is 7.11 Å². The van der Waals surface area contributed by atoms with Crippen LogP contribution in [0.25, 0.3) is 0 Å². The van der Waals surface area contributed by atoms with Crippen LogP contribution in [-0.2, 0) is 4.74 Å². The van der Waals surface area contributed by atoms with Gasteiger partial charge in [0.2, 0.25) is 5.95 Å². The molecule has 1 unspecified atom stereocenters. The van der Waals surface area contributed by atoms with Crippen LogP contribution in [0.2, 0.25) is 0 Å². The number of hydrogen-bond acceptors (Lipinski definition) is 3. The molecular weight excluding hydrogens is 353 g/mol. The zero-order valence-electron chi connectivity index (χ0n) is 11.4. The highest BCUT2D eigenvalue weighted by Crippen LogP contribution is 2.21. The largest absolute Gasteiger partial charge is 0.383 e. The van der Waals surface area contributed by atoms with Gasteiger partial charge in [0.25, 0.3) is 0 Å². The van der Waals surface area contributed by atoms with Gasteiger partial charge < -0.3 is 14.6 Å². The Balaban J connectivity index is 2.22. The Morgan fingerprint density at radius 3 is 2.68 bits per heavy atom. The summed E-state index contributed by atoms with van der Waals surface area (Å²) in [5, 5.41) is 3.35. The summed E-state index contributed by atoms with van der Waals surface area (Å²) in [4.78, 5) is 4.53. The highest BCUT2D eigenvalue weighted by molar-refractivity contribution is 14.1. The zero-order valence-corrected chi connectivity index (χ0v) is 13.5. The molecule has 1 atom stereocenters. The van der Waals surface area contributed by atoms with Crippen molar-refractivity contribution < 1.29 is 4.74 Å². The maximum Gasteiger partial charge on any atom is 0.207 e. The van der Waals surface area contributed by atoms with Gasteiger partial charge in [-0.05, 0) is 60.7 Å². The van der Waals surface area contributed by atoms with Crippen molar-refractivity contribution in [3.05, 3.63) is 39.7 Å². The summed E-state index contributed by atoms with van der Waals surface area (Å²) in [5.74, 6) is 0.850. The van der Waals surface area contributed by atoms with Gasteiger partial charge in [-0.15, -0.1) is 0 Å². The highest BCUT2D eigenvalue weighted by Gasteiger charge is 2.11. The Morgan fingerprint density at radius 1 is 1.37 bits per heavy atom. The molecule has 2 rings (SSSR count). The quantitative estimate of drug-likeness (QED) is 0.814. The summed E-state index contributed by atoms with van der Waals surface area (Å²) in [6.07, 6.45) is 2.04. The van der Waals surface area contributed by atoms with E-state index in [1.165, 1.54) is 3.57 Å². The number of aryl methyl sites for hydroxylation is 1. The number of anilines is 2. The topological polar surface area (TPSA) is 39.1 Å². The molecule has 0 aliphatic carbocycles. The molecule has 4 nitrogen and oxygen atoms in total. The van der Waals surface area contributed by atoms with E-state index in [4.69, 9.17) is 4.74 Å². The molecule has 0 aliphatic heterocycles. The first-order valence-electron chi connectivity index (χ1n) is 6.17. The van der Waals surface area contributed by atoms with Crippen LogP contribution < -0.4 is 5.32 Å². The molecule has 0 fully saturated rings. The van der Waals surface area contributed by atoms with E-state index in [1.807, 2.05) is 13.1 Å². The number of hydrogen-bond donors (Lipinski definition) is 1. The molecule has 19 heavy (non-hydrogen) atoms. The third-order valence-corrected chi connectivity index (χ3v) is 3.56. The van der Waals surface area contributed by atoms with Crippen molar-refractivity contribution in [3.8, 4) is 0 Å². The summed E-state index contributed by atoms with van der Waals surface area (Å²) < 4.78 is 8.54. The molecule has 0 radical (unpaired) electrons. The Labute approximate surface area is 127 Å². The monoisotopic (exact) mass is 371 g/mol. The first kappa shape index (κ1) is 14.3. The molecule has 0 spiro atoms. The summed E-state index contributed by atoms with van der Waals surface area (Å²) in [7, 11) is 1.71. The van der Waals surface area contributed by atoms with Crippen molar-refractivity contribution in [2.45, 2.75) is 19.9 Å². The van der Waals surface area contributed by atoms with E-state index in [9.17, 15) is 0 Å². The first-order chi connectivity index (χ1) is 9.10. The van der Waals surface area contributed by atoms with Crippen molar-refractivity contribution in [1.29, 1.82) is 0 Å².